The molecule has 0 radical (unpaired) electrons. The minimum absolute atomic E-state index is 0.821. The maximum atomic E-state index is 10.9. The molecule has 2 atom stereocenters. The van der Waals surface area contributed by atoms with Crippen LogP contribution in [-0.2, 0) is 28.7 Å². The molecule has 2 N–H and O–H groups in total. The number of cyclic esters (lactones) is 1. The van der Waals surface area contributed by atoms with Crippen molar-refractivity contribution in [3.05, 3.63) is 0 Å². The second kappa shape index (κ2) is 3.80. The second-order valence-electron chi connectivity index (χ2n) is 3.17. The van der Waals surface area contributed by atoms with Crippen LogP contribution in [0.1, 0.15) is 13.3 Å². The lowest BCUT2D eigenvalue weighted by Gasteiger charge is -2.24. The maximum absolute atomic E-state index is 10.9. The van der Waals surface area contributed by atoms with Crippen LogP contribution < -0.4 is 0 Å². The van der Waals surface area contributed by atoms with Gasteiger partial charge in [0.25, 0.3) is 5.60 Å². The highest BCUT2D eigenvalue weighted by atomic mass is 16.6. The van der Waals surface area contributed by atoms with Gasteiger partial charge in [-0.3, -0.25) is 9.59 Å². The zero-order valence-electron chi connectivity index (χ0n) is 8.13. The lowest BCUT2D eigenvalue weighted by atomic mass is 9.95. The van der Waals surface area contributed by atoms with Gasteiger partial charge in [0.15, 0.2) is 0 Å². The lowest BCUT2D eigenvalue weighted by Crippen LogP contribution is -2.53. The molecule has 0 amide bonds. The van der Waals surface area contributed by atoms with Crippen molar-refractivity contribution in [1.29, 1.82) is 0 Å². The van der Waals surface area contributed by atoms with E-state index in [1.54, 1.807) is 0 Å². The predicted molar refractivity (Wildman–Crippen MR) is 44.3 cm³/mol. The zero-order valence-corrected chi connectivity index (χ0v) is 8.13. The van der Waals surface area contributed by atoms with Crippen molar-refractivity contribution in [2.75, 3.05) is 0 Å². The predicted octanol–water partition coefficient (Wildman–Crippen LogP) is -1.23. The smallest absolute Gasteiger partial charge is 0.353 e. The zero-order chi connectivity index (χ0) is 12.5. The van der Waals surface area contributed by atoms with Gasteiger partial charge in [-0.2, -0.15) is 0 Å². The summed E-state index contributed by atoms with van der Waals surface area (Å²) < 4.78 is 8.74. The van der Waals surface area contributed by atoms with Crippen LogP contribution in [0.25, 0.3) is 0 Å². The summed E-state index contributed by atoms with van der Waals surface area (Å²) in [6, 6.07) is 0. The number of carbonyl (C=O) groups is 4. The van der Waals surface area contributed by atoms with Gasteiger partial charge < -0.3 is 19.7 Å². The highest BCUT2D eigenvalue weighted by molar-refractivity contribution is 5.97. The van der Waals surface area contributed by atoms with E-state index in [0.717, 1.165) is 6.92 Å². The summed E-state index contributed by atoms with van der Waals surface area (Å²) in [6.07, 6.45) is -2.85. The first-order chi connectivity index (χ1) is 7.29. The molecular formula is C8H8O8. The minimum atomic E-state index is -2.48. The molecule has 88 valence electrons. The first kappa shape index (κ1) is 12.0. The molecule has 0 unspecified atom stereocenters. The number of aliphatic carboxylic acids is 2. The van der Waals surface area contributed by atoms with E-state index in [4.69, 9.17) is 10.2 Å². The van der Waals surface area contributed by atoms with E-state index < -0.39 is 42.0 Å². The van der Waals surface area contributed by atoms with E-state index in [0.29, 0.717) is 0 Å². The maximum Gasteiger partial charge on any atom is 0.353 e. The first-order valence-corrected chi connectivity index (χ1v) is 4.15. The second-order valence-corrected chi connectivity index (χ2v) is 3.17. The van der Waals surface area contributed by atoms with Crippen LogP contribution in [-0.4, -0.2) is 45.8 Å². The van der Waals surface area contributed by atoms with E-state index in [-0.39, 0.29) is 0 Å². The van der Waals surface area contributed by atoms with Crippen molar-refractivity contribution in [3.8, 4) is 0 Å². The van der Waals surface area contributed by atoms with Gasteiger partial charge in [-0.1, -0.05) is 0 Å². The molecule has 0 aromatic carbocycles. The van der Waals surface area contributed by atoms with Crippen molar-refractivity contribution in [2.45, 2.75) is 25.0 Å². The van der Waals surface area contributed by atoms with E-state index >= 15 is 0 Å². The Kier molecular flexibility index (Phi) is 2.84. The number of ether oxygens (including phenoxy) is 2. The molecule has 0 aromatic rings. The fraction of sp³-hybridized carbons (Fsp3) is 0.500. The molecule has 16 heavy (non-hydrogen) atoms. The molecule has 1 saturated heterocycles. The molecule has 0 aromatic heterocycles. The Morgan fingerprint density at radius 3 is 2.38 bits per heavy atom. The average molecular weight is 232 g/mol. The Morgan fingerprint density at radius 2 is 2.00 bits per heavy atom. The molecule has 0 spiro atoms. The van der Waals surface area contributed by atoms with Crippen LogP contribution in [0.15, 0.2) is 0 Å². The van der Waals surface area contributed by atoms with Gasteiger partial charge in [-0.25, -0.2) is 9.59 Å². The van der Waals surface area contributed by atoms with Crippen molar-refractivity contribution >= 4 is 23.9 Å². The summed E-state index contributed by atoms with van der Waals surface area (Å²) in [5.74, 6) is -5.47. The first-order valence-electron chi connectivity index (χ1n) is 4.15. The van der Waals surface area contributed by atoms with E-state index in [9.17, 15) is 19.2 Å². The largest absolute Gasteiger partial charge is 0.478 e. The summed E-state index contributed by atoms with van der Waals surface area (Å²) in [7, 11) is 0. The summed E-state index contributed by atoms with van der Waals surface area (Å²) in [5.41, 5.74) is -2.48. The molecule has 1 heterocycles. The molecule has 8 heteroatoms. The third-order valence-corrected chi connectivity index (χ3v) is 1.99. The van der Waals surface area contributed by atoms with Gasteiger partial charge in [0.05, 0.1) is 0 Å². The Hall–Kier alpha value is -2.12. The van der Waals surface area contributed by atoms with Gasteiger partial charge in [-0.05, 0) is 0 Å². The average Bonchev–Trinajstić information content (AvgIpc) is 2.42. The fourth-order valence-corrected chi connectivity index (χ4v) is 1.40. The van der Waals surface area contributed by atoms with Gasteiger partial charge in [-0.15, -0.1) is 0 Å². The number of carboxylic acids is 2. The highest BCUT2D eigenvalue weighted by Gasteiger charge is 2.62. The molecule has 1 fully saturated rings. The minimum Gasteiger partial charge on any atom is -0.478 e. The van der Waals surface area contributed by atoms with Crippen LogP contribution in [0.4, 0.5) is 0 Å². The van der Waals surface area contributed by atoms with Crippen LogP contribution >= 0.6 is 0 Å². The number of esters is 2. The van der Waals surface area contributed by atoms with Crippen molar-refractivity contribution in [1.82, 2.24) is 0 Å². The quantitative estimate of drug-likeness (QED) is 0.579. The van der Waals surface area contributed by atoms with Gasteiger partial charge >= 0.3 is 23.9 Å². The Balaban J connectivity index is 3.16. The number of carboxylic acid groups (broad SMARTS) is 2. The van der Waals surface area contributed by atoms with Crippen LogP contribution in [0, 0.1) is 0 Å². The molecule has 0 aliphatic carbocycles. The molecular weight excluding hydrogens is 224 g/mol. The van der Waals surface area contributed by atoms with Crippen LogP contribution in [0.3, 0.4) is 0 Å². The number of carbonyl (C=O) groups excluding carboxylic acids is 2. The van der Waals surface area contributed by atoms with Crippen molar-refractivity contribution < 1.29 is 38.9 Å². The molecule has 0 saturated carbocycles. The number of hydrogen-bond acceptors (Lipinski definition) is 6. The molecule has 1 aliphatic heterocycles. The fourth-order valence-electron chi connectivity index (χ4n) is 1.40. The van der Waals surface area contributed by atoms with Gasteiger partial charge in [0.2, 0.25) is 6.10 Å². The standard InChI is InChI=1S/C8H8O8/c1-3(9)16-8(7(13)14)2-4(10)15-5(8)6(11)12/h5H,2H2,1H3,(H,11,12)(H,13,14)/t5-,8+/m1/s1. The van der Waals surface area contributed by atoms with E-state index in [1.165, 1.54) is 0 Å². The molecule has 0 bridgehead atoms. The third-order valence-electron chi connectivity index (χ3n) is 1.99. The van der Waals surface area contributed by atoms with Gasteiger partial charge in [0.1, 0.15) is 6.42 Å². The van der Waals surface area contributed by atoms with Gasteiger partial charge in [0, 0.05) is 6.92 Å². The summed E-state index contributed by atoms with van der Waals surface area (Å²) >= 11 is 0. The van der Waals surface area contributed by atoms with E-state index in [1.807, 2.05) is 0 Å². The normalized spacial score (nSPS) is 28.3. The van der Waals surface area contributed by atoms with E-state index in [2.05, 4.69) is 9.47 Å². The Morgan fingerprint density at radius 1 is 1.44 bits per heavy atom. The number of hydrogen-bond donors (Lipinski definition) is 2. The molecule has 8 nitrogen and oxygen atoms in total. The topological polar surface area (TPSA) is 127 Å². The summed E-state index contributed by atoms with van der Waals surface area (Å²) in [4.78, 5) is 43.3. The van der Waals surface area contributed by atoms with Crippen molar-refractivity contribution in [2.24, 2.45) is 0 Å². The lowest BCUT2D eigenvalue weighted by molar-refractivity contribution is -0.190. The summed E-state index contributed by atoms with van der Waals surface area (Å²) in [6.45, 7) is 0.909. The highest BCUT2D eigenvalue weighted by Crippen LogP contribution is 2.31. The Bertz CT molecular complexity index is 372. The van der Waals surface area contributed by atoms with Crippen LogP contribution in [0.2, 0.25) is 0 Å². The molecule has 1 rings (SSSR count). The summed E-state index contributed by atoms with van der Waals surface area (Å²) in [5, 5.41) is 17.6. The SMILES string of the molecule is CC(=O)O[C@@]1(C(=O)O)CC(=O)O[C@@H]1C(=O)O. The molecule has 1 aliphatic rings. The third kappa shape index (κ3) is 1.81. The van der Waals surface area contributed by atoms with Crippen LogP contribution in [0.5, 0.6) is 0 Å². The number of rotatable bonds is 3. The van der Waals surface area contributed by atoms with Crippen molar-refractivity contribution in [3.63, 3.8) is 0 Å². The monoisotopic (exact) mass is 232 g/mol. The Labute approximate surface area is 88.7 Å².